The third-order valence-electron chi connectivity index (χ3n) is 5.15. The van der Waals surface area contributed by atoms with E-state index in [0.29, 0.717) is 36.6 Å². The van der Waals surface area contributed by atoms with Crippen LogP contribution in [0.2, 0.25) is 0 Å². The van der Waals surface area contributed by atoms with E-state index < -0.39 is 15.9 Å². The summed E-state index contributed by atoms with van der Waals surface area (Å²) in [5.74, 6) is 0.410. The molecule has 1 amide bonds. The van der Waals surface area contributed by atoms with Gasteiger partial charge in [0.15, 0.2) is 5.03 Å². The van der Waals surface area contributed by atoms with Gasteiger partial charge in [-0.05, 0) is 26.7 Å². The highest BCUT2D eigenvalue weighted by Crippen LogP contribution is 2.28. The van der Waals surface area contributed by atoms with Crippen molar-refractivity contribution in [1.29, 1.82) is 0 Å². The van der Waals surface area contributed by atoms with Gasteiger partial charge in [0.25, 0.3) is 10.0 Å². The van der Waals surface area contributed by atoms with Crippen molar-refractivity contribution in [2.45, 2.75) is 37.8 Å². The van der Waals surface area contributed by atoms with Crippen molar-refractivity contribution < 1.29 is 22.7 Å². The van der Waals surface area contributed by atoms with Crippen LogP contribution < -0.4 is 14.8 Å². The number of rotatable bonds is 7. The number of nitrogens with one attached hydrogen (secondary N) is 1. The lowest BCUT2D eigenvalue weighted by atomic mass is 9.98. The molecule has 2 heterocycles. The summed E-state index contributed by atoms with van der Waals surface area (Å²) in [4.78, 5) is 16.9. The van der Waals surface area contributed by atoms with Crippen molar-refractivity contribution in [2.75, 3.05) is 32.6 Å². The van der Waals surface area contributed by atoms with E-state index in [4.69, 9.17) is 9.47 Å². The summed E-state index contributed by atoms with van der Waals surface area (Å²) in [6.07, 6.45) is 4.26. The Balaban J connectivity index is 1.73. The second-order valence-corrected chi connectivity index (χ2v) is 9.43. The minimum absolute atomic E-state index is 0.00907. The van der Waals surface area contributed by atoms with Crippen LogP contribution in [0.3, 0.4) is 0 Å². The first-order valence-corrected chi connectivity index (χ1v) is 11.3. The zero-order valence-corrected chi connectivity index (χ0v) is 18.5. The molecule has 1 atom stereocenters. The Labute approximate surface area is 177 Å². The Morgan fingerprint density at radius 1 is 1.20 bits per heavy atom. The summed E-state index contributed by atoms with van der Waals surface area (Å²) < 4.78 is 39.6. The average Bonchev–Trinajstić information content (AvgIpc) is 3.25. The maximum Gasteiger partial charge on any atom is 0.262 e. The first kappa shape index (κ1) is 22.1. The van der Waals surface area contributed by atoms with Gasteiger partial charge in [-0.3, -0.25) is 4.79 Å². The number of nitrogens with zero attached hydrogens (tertiary/aromatic N) is 3. The van der Waals surface area contributed by atoms with Gasteiger partial charge in [-0.25, -0.2) is 13.4 Å². The molecule has 1 saturated heterocycles. The summed E-state index contributed by atoms with van der Waals surface area (Å²) in [5, 5.41) is 2.86. The smallest absolute Gasteiger partial charge is 0.262 e. The third-order valence-corrected chi connectivity index (χ3v) is 6.90. The van der Waals surface area contributed by atoms with Gasteiger partial charge in [-0.1, -0.05) is 0 Å². The number of hydrogen-bond donors (Lipinski definition) is 1. The Hall–Kier alpha value is -2.59. The van der Waals surface area contributed by atoms with E-state index >= 15 is 0 Å². The molecular weight excluding hydrogens is 408 g/mol. The summed E-state index contributed by atoms with van der Waals surface area (Å²) in [6.45, 7) is 4.39. The van der Waals surface area contributed by atoms with Crippen LogP contribution in [0.4, 0.5) is 5.69 Å². The van der Waals surface area contributed by atoms with Crippen LogP contribution >= 0.6 is 0 Å². The molecule has 0 aliphatic carbocycles. The van der Waals surface area contributed by atoms with Gasteiger partial charge < -0.3 is 19.4 Å². The molecular formula is C20H28N4O5S. The molecule has 0 unspecified atom stereocenters. The molecule has 1 aliphatic rings. The molecule has 0 saturated carbocycles. The quantitative estimate of drug-likeness (QED) is 0.715. The van der Waals surface area contributed by atoms with Crippen LogP contribution in [0.5, 0.6) is 11.5 Å². The molecule has 1 N–H and O–H groups in total. The van der Waals surface area contributed by atoms with Crippen molar-refractivity contribution in [3.63, 3.8) is 0 Å². The zero-order valence-electron chi connectivity index (χ0n) is 17.7. The largest absolute Gasteiger partial charge is 0.497 e. The first-order valence-electron chi connectivity index (χ1n) is 9.82. The minimum Gasteiger partial charge on any atom is -0.497 e. The Kier molecular flexibility index (Phi) is 6.67. The van der Waals surface area contributed by atoms with E-state index in [1.165, 1.54) is 31.0 Å². The number of aromatic nitrogens is 2. The number of imidazole rings is 1. The lowest BCUT2D eigenvalue weighted by Crippen LogP contribution is -2.43. The SMILES string of the molecule is COc1cc(NC(=O)[C@@H]2CCCN(S(=O)(=O)c3cn(C(C)C)cn3)C2)cc(OC)c1. The molecule has 3 rings (SSSR count). The van der Waals surface area contributed by atoms with Crippen LogP contribution in [-0.4, -0.2) is 55.5 Å². The molecule has 1 aliphatic heterocycles. The molecule has 0 spiro atoms. The summed E-state index contributed by atoms with van der Waals surface area (Å²) >= 11 is 0. The number of carbonyl (C=O) groups is 1. The lowest BCUT2D eigenvalue weighted by Gasteiger charge is -2.30. The summed E-state index contributed by atoms with van der Waals surface area (Å²) in [6, 6.07) is 5.20. The standard InChI is InChI=1S/C20H28N4O5S/c1-14(2)23-12-19(21-13-23)30(26,27)24-7-5-6-15(11-24)20(25)22-16-8-17(28-3)10-18(9-16)29-4/h8-10,12-15H,5-7,11H2,1-4H3,(H,22,25)/t15-/m1/s1. The molecule has 2 aromatic rings. The maximum atomic E-state index is 13.0. The fraction of sp³-hybridized carbons (Fsp3) is 0.500. The number of carbonyl (C=O) groups excluding carboxylic acids is 1. The van der Waals surface area contributed by atoms with Gasteiger partial charge in [0, 0.05) is 49.2 Å². The third kappa shape index (κ3) is 4.76. The molecule has 164 valence electrons. The maximum absolute atomic E-state index is 13.0. The highest BCUT2D eigenvalue weighted by Gasteiger charge is 2.34. The minimum atomic E-state index is -3.75. The average molecular weight is 437 g/mol. The van der Waals surface area contributed by atoms with E-state index in [1.807, 2.05) is 13.8 Å². The zero-order chi connectivity index (χ0) is 21.9. The molecule has 30 heavy (non-hydrogen) atoms. The van der Waals surface area contributed by atoms with Gasteiger partial charge in [0.05, 0.1) is 26.5 Å². The number of anilines is 1. The molecule has 1 fully saturated rings. The second kappa shape index (κ2) is 9.05. The summed E-state index contributed by atoms with van der Waals surface area (Å²) in [7, 11) is -0.689. The molecule has 9 nitrogen and oxygen atoms in total. The second-order valence-electron chi connectivity index (χ2n) is 7.55. The van der Waals surface area contributed by atoms with E-state index in [-0.39, 0.29) is 23.5 Å². The van der Waals surface area contributed by atoms with E-state index in [2.05, 4.69) is 10.3 Å². The number of methoxy groups -OCH3 is 2. The number of benzene rings is 1. The Morgan fingerprint density at radius 2 is 1.87 bits per heavy atom. The normalized spacial score (nSPS) is 17.7. The van der Waals surface area contributed by atoms with Crippen molar-refractivity contribution in [3.8, 4) is 11.5 Å². The fourth-order valence-corrected chi connectivity index (χ4v) is 4.81. The lowest BCUT2D eigenvalue weighted by molar-refractivity contribution is -0.120. The highest BCUT2D eigenvalue weighted by atomic mass is 32.2. The van der Waals surface area contributed by atoms with E-state index in [0.717, 1.165) is 0 Å². The van der Waals surface area contributed by atoms with Gasteiger partial charge in [0.2, 0.25) is 5.91 Å². The fourth-order valence-electron chi connectivity index (χ4n) is 3.36. The molecule has 0 bridgehead atoms. The van der Waals surface area contributed by atoms with Crippen LogP contribution in [0.15, 0.2) is 35.7 Å². The molecule has 1 aromatic heterocycles. The molecule has 10 heteroatoms. The molecule has 0 radical (unpaired) electrons. The van der Waals surface area contributed by atoms with Gasteiger partial charge in [0.1, 0.15) is 11.5 Å². The first-order chi connectivity index (χ1) is 14.2. The number of ether oxygens (including phenoxy) is 2. The van der Waals surface area contributed by atoms with E-state index in [9.17, 15) is 13.2 Å². The van der Waals surface area contributed by atoms with Gasteiger partial charge in [-0.2, -0.15) is 4.31 Å². The highest BCUT2D eigenvalue weighted by molar-refractivity contribution is 7.89. The van der Waals surface area contributed by atoms with Crippen LogP contribution in [0.25, 0.3) is 0 Å². The van der Waals surface area contributed by atoms with Crippen molar-refractivity contribution in [1.82, 2.24) is 13.9 Å². The number of hydrogen-bond acceptors (Lipinski definition) is 6. The van der Waals surface area contributed by atoms with Crippen molar-refractivity contribution >= 4 is 21.6 Å². The topological polar surface area (TPSA) is 103 Å². The monoisotopic (exact) mass is 436 g/mol. The number of piperidine rings is 1. The van der Waals surface area contributed by atoms with Gasteiger partial charge in [-0.15, -0.1) is 0 Å². The molecule has 1 aromatic carbocycles. The summed E-state index contributed by atoms with van der Waals surface area (Å²) in [5.41, 5.74) is 0.534. The number of amides is 1. The van der Waals surface area contributed by atoms with Crippen molar-refractivity contribution in [2.24, 2.45) is 5.92 Å². The van der Waals surface area contributed by atoms with Crippen LogP contribution in [0, 0.1) is 5.92 Å². The van der Waals surface area contributed by atoms with Gasteiger partial charge >= 0.3 is 0 Å². The van der Waals surface area contributed by atoms with Crippen LogP contribution in [0.1, 0.15) is 32.7 Å². The number of sulfonamides is 1. The van der Waals surface area contributed by atoms with Crippen LogP contribution in [-0.2, 0) is 14.8 Å². The Bertz CT molecular complexity index is 980. The van der Waals surface area contributed by atoms with E-state index in [1.54, 1.807) is 22.8 Å². The predicted octanol–water partition coefficient (Wildman–Crippen LogP) is 2.52. The Morgan fingerprint density at radius 3 is 2.43 bits per heavy atom. The predicted molar refractivity (Wildman–Crippen MR) is 112 cm³/mol. The van der Waals surface area contributed by atoms with Crippen molar-refractivity contribution in [3.05, 3.63) is 30.7 Å².